The lowest BCUT2D eigenvalue weighted by Gasteiger charge is -2.19. The predicted molar refractivity (Wildman–Crippen MR) is 47.7 cm³/mol. The van der Waals surface area contributed by atoms with Gasteiger partial charge >= 0.3 is 0 Å². The molecule has 0 bridgehead atoms. The van der Waals surface area contributed by atoms with Gasteiger partial charge in [-0.15, -0.1) is 0 Å². The van der Waals surface area contributed by atoms with Crippen molar-refractivity contribution in [2.75, 3.05) is 11.6 Å². The molecule has 1 aliphatic heterocycles. The molecule has 0 fully saturated rings. The summed E-state index contributed by atoms with van der Waals surface area (Å²) in [6.45, 7) is 0.116. The second-order valence-corrected chi connectivity index (χ2v) is 3.08. The molecular formula is C9H12N2O. The summed E-state index contributed by atoms with van der Waals surface area (Å²) in [6, 6.07) is 8.03. The van der Waals surface area contributed by atoms with Crippen LogP contribution in [0.3, 0.4) is 0 Å². The lowest BCUT2D eigenvalue weighted by molar-refractivity contribution is 0.263. The molecule has 3 N–H and O–H groups in total. The highest BCUT2D eigenvalue weighted by Gasteiger charge is 2.25. The van der Waals surface area contributed by atoms with E-state index >= 15 is 0 Å². The van der Waals surface area contributed by atoms with E-state index in [1.165, 1.54) is 5.56 Å². The van der Waals surface area contributed by atoms with Crippen LogP contribution in [0.1, 0.15) is 5.56 Å². The van der Waals surface area contributed by atoms with Crippen LogP contribution in [-0.2, 0) is 6.42 Å². The van der Waals surface area contributed by atoms with Crippen molar-refractivity contribution >= 4 is 5.69 Å². The van der Waals surface area contributed by atoms with Crippen LogP contribution < -0.4 is 10.9 Å². The summed E-state index contributed by atoms with van der Waals surface area (Å²) in [7, 11) is 0. The minimum absolute atomic E-state index is 0.0578. The summed E-state index contributed by atoms with van der Waals surface area (Å²) in [5, 5.41) is 10.6. The first-order valence-corrected chi connectivity index (χ1v) is 4.05. The third-order valence-corrected chi connectivity index (χ3v) is 2.33. The molecule has 64 valence electrons. The van der Waals surface area contributed by atoms with Gasteiger partial charge in [-0.05, 0) is 18.1 Å². The molecule has 0 radical (unpaired) electrons. The molecule has 1 aromatic rings. The van der Waals surface area contributed by atoms with Crippen molar-refractivity contribution in [3.8, 4) is 0 Å². The predicted octanol–water partition coefficient (Wildman–Crippen LogP) is 0.284. The van der Waals surface area contributed by atoms with E-state index in [4.69, 9.17) is 10.9 Å². The van der Waals surface area contributed by atoms with Gasteiger partial charge < -0.3 is 10.1 Å². The summed E-state index contributed by atoms with van der Waals surface area (Å²) in [5.41, 5.74) is 2.26. The molecule has 1 atom stereocenters. The molecule has 0 amide bonds. The van der Waals surface area contributed by atoms with Gasteiger partial charge in [-0.1, -0.05) is 18.2 Å². The van der Waals surface area contributed by atoms with Crippen LogP contribution in [0.25, 0.3) is 0 Å². The van der Waals surface area contributed by atoms with E-state index in [1.54, 1.807) is 5.01 Å². The van der Waals surface area contributed by atoms with Gasteiger partial charge in [-0.3, -0.25) is 0 Å². The SMILES string of the molecule is NN1c2ccccc2C[C@H]1CO. The molecule has 12 heavy (non-hydrogen) atoms. The molecule has 1 aliphatic rings. The molecule has 0 aliphatic carbocycles. The Kier molecular flexibility index (Phi) is 1.75. The van der Waals surface area contributed by atoms with Gasteiger partial charge in [0.25, 0.3) is 0 Å². The topological polar surface area (TPSA) is 49.5 Å². The molecule has 1 aromatic carbocycles. The third kappa shape index (κ3) is 0.983. The van der Waals surface area contributed by atoms with Gasteiger partial charge in [-0.2, -0.15) is 0 Å². The molecule has 0 aromatic heterocycles. The Balaban J connectivity index is 2.35. The molecule has 0 saturated carbocycles. The molecule has 0 saturated heterocycles. The zero-order valence-electron chi connectivity index (χ0n) is 6.77. The number of hydrogen-bond donors (Lipinski definition) is 2. The van der Waals surface area contributed by atoms with Crippen molar-refractivity contribution in [3.63, 3.8) is 0 Å². The average molecular weight is 164 g/mol. The Morgan fingerprint density at radius 2 is 2.25 bits per heavy atom. The van der Waals surface area contributed by atoms with E-state index in [1.807, 2.05) is 24.3 Å². The quantitative estimate of drug-likeness (QED) is 0.586. The van der Waals surface area contributed by atoms with Crippen LogP contribution in [0.4, 0.5) is 5.69 Å². The first-order valence-electron chi connectivity index (χ1n) is 4.05. The number of nitrogens with zero attached hydrogens (tertiary/aromatic N) is 1. The summed E-state index contributed by atoms with van der Waals surface area (Å²) in [6.07, 6.45) is 0.850. The Morgan fingerprint density at radius 3 is 2.92 bits per heavy atom. The first-order chi connectivity index (χ1) is 5.83. The molecule has 3 nitrogen and oxygen atoms in total. The van der Waals surface area contributed by atoms with Crippen molar-refractivity contribution in [2.24, 2.45) is 5.84 Å². The van der Waals surface area contributed by atoms with Crippen molar-refractivity contribution in [1.29, 1.82) is 0 Å². The standard InChI is InChI=1S/C9H12N2O/c10-11-8(6-12)5-7-3-1-2-4-9(7)11/h1-4,8,12H,5-6,10H2/t8-/m0/s1. The fourth-order valence-corrected chi connectivity index (χ4v) is 1.64. The number of fused-ring (bicyclic) bond motifs is 1. The molecule has 3 heteroatoms. The molecule has 0 unspecified atom stereocenters. The number of aliphatic hydroxyl groups is 1. The van der Waals surface area contributed by atoms with Gasteiger partial charge in [0.15, 0.2) is 0 Å². The van der Waals surface area contributed by atoms with Crippen molar-refractivity contribution in [1.82, 2.24) is 0 Å². The van der Waals surface area contributed by atoms with Crippen LogP contribution in [-0.4, -0.2) is 17.8 Å². The smallest absolute Gasteiger partial charge is 0.0724 e. The third-order valence-electron chi connectivity index (χ3n) is 2.33. The van der Waals surface area contributed by atoms with Crippen LogP contribution >= 0.6 is 0 Å². The second kappa shape index (κ2) is 2.77. The van der Waals surface area contributed by atoms with E-state index < -0.39 is 0 Å². The monoisotopic (exact) mass is 164 g/mol. The van der Waals surface area contributed by atoms with Crippen molar-refractivity contribution in [3.05, 3.63) is 29.8 Å². The van der Waals surface area contributed by atoms with Crippen molar-refractivity contribution < 1.29 is 5.11 Å². The zero-order chi connectivity index (χ0) is 8.55. The maximum atomic E-state index is 8.99. The van der Waals surface area contributed by atoms with Gasteiger partial charge in [0.2, 0.25) is 0 Å². The van der Waals surface area contributed by atoms with E-state index in [9.17, 15) is 0 Å². The average Bonchev–Trinajstić information content (AvgIpc) is 2.44. The minimum Gasteiger partial charge on any atom is -0.394 e. The molecular weight excluding hydrogens is 152 g/mol. The Labute approximate surface area is 71.4 Å². The number of para-hydroxylation sites is 1. The van der Waals surface area contributed by atoms with E-state index in [2.05, 4.69) is 0 Å². The largest absolute Gasteiger partial charge is 0.394 e. The minimum atomic E-state index is 0.0578. The van der Waals surface area contributed by atoms with E-state index in [0.29, 0.717) is 0 Å². The first kappa shape index (κ1) is 7.58. The number of benzene rings is 1. The number of hydrazine groups is 1. The lowest BCUT2D eigenvalue weighted by Crippen LogP contribution is -2.40. The lowest BCUT2D eigenvalue weighted by atomic mass is 10.1. The Bertz CT molecular complexity index is 288. The van der Waals surface area contributed by atoms with Crippen LogP contribution in [0, 0.1) is 0 Å². The summed E-state index contributed by atoms with van der Waals surface area (Å²) in [4.78, 5) is 0. The van der Waals surface area contributed by atoms with Crippen LogP contribution in [0.2, 0.25) is 0 Å². The van der Waals surface area contributed by atoms with Gasteiger partial charge in [-0.25, -0.2) is 5.84 Å². The molecule has 1 heterocycles. The zero-order valence-corrected chi connectivity index (χ0v) is 6.77. The maximum absolute atomic E-state index is 8.99. The fraction of sp³-hybridized carbons (Fsp3) is 0.333. The maximum Gasteiger partial charge on any atom is 0.0724 e. The van der Waals surface area contributed by atoms with Crippen LogP contribution in [0.5, 0.6) is 0 Å². The summed E-state index contributed by atoms with van der Waals surface area (Å²) < 4.78 is 0. The Hall–Kier alpha value is -1.06. The Morgan fingerprint density at radius 1 is 1.50 bits per heavy atom. The summed E-state index contributed by atoms with van der Waals surface area (Å²) >= 11 is 0. The number of aliphatic hydroxyl groups excluding tert-OH is 1. The highest BCUT2D eigenvalue weighted by atomic mass is 16.3. The summed E-state index contributed by atoms with van der Waals surface area (Å²) in [5.74, 6) is 5.77. The highest BCUT2D eigenvalue weighted by Crippen LogP contribution is 2.28. The van der Waals surface area contributed by atoms with Gasteiger partial charge in [0.05, 0.1) is 18.3 Å². The number of anilines is 1. The van der Waals surface area contributed by atoms with Gasteiger partial charge in [0, 0.05) is 0 Å². The molecule has 2 rings (SSSR count). The van der Waals surface area contributed by atoms with Gasteiger partial charge in [0.1, 0.15) is 0 Å². The number of nitrogens with two attached hydrogens (primary N) is 1. The fourth-order valence-electron chi connectivity index (χ4n) is 1.64. The molecule has 0 spiro atoms. The van der Waals surface area contributed by atoms with E-state index in [-0.39, 0.29) is 12.6 Å². The normalized spacial score (nSPS) is 21.2. The second-order valence-electron chi connectivity index (χ2n) is 3.08. The van der Waals surface area contributed by atoms with Crippen molar-refractivity contribution in [2.45, 2.75) is 12.5 Å². The van der Waals surface area contributed by atoms with E-state index in [0.717, 1.165) is 12.1 Å². The highest BCUT2D eigenvalue weighted by molar-refractivity contribution is 5.57. The number of hydrogen-bond acceptors (Lipinski definition) is 3. The number of rotatable bonds is 1. The van der Waals surface area contributed by atoms with Crippen LogP contribution in [0.15, 0.2) is 24.3 Å².